The van der Waals surface area contributed by atoms with Crippen molar-refractivity contribution in [2.75, 3.05) is 7.11 Å². The van der Waals surface area contributed by atoms with Crippen LogP contribution in [0.15, 0.2) is 48.6 Å². The first kappa shape index (κ1) is 28.9. The highest BCUT2D eigenvalue weighted by Gasteiger charge is 2.46. The molecule has 3 aromatic rings. The van der Waals surface area contributed by atoms with E-state index in [-0.39, 0.29) is 17.4 Å². The van der Waals surface area contributed by atoms with Crippen LogP contribution in [0.5, 0.6) is 5.75 Å². The number of ether oxygens (including phenoxy) is 2. The summed E-state index contributed by atoms with van der Waals surface area (Å²) in [6.45, 7) is 3.11. The normalized spacial score (nSPS) is 22.9. The second kappa shape index (κ2) is 11.0. The number of fused-ring (bicyclic) bond motifs is 1. The van der Waals surface area contributed by atoms with Crippen LogP contribution in [0.4, 0.5) is 13.2 Å². The summed E-state index contributed by atoms with van der Waals surface area (Å²) in [7, 11) is -3.43. The van der Waals surface area contributed by atoms with Crippen LogP contribution in [0.3, 0.4) is 0 Å². The van der Waals surface area contributed by atoms with Gasteiger partial charge in [-0.1, -0.05) is 6.07 Å². The molecule has 0 aliphatic carbocycles. The van der Waals surface area contributed by atoms with Crippen LogP contribution < -0.4 is 14.2 Å². The summed E-state index contributed by atoms with van der Waals surface area (Å²) in [5, 5.41) is 0. The molecule has 5 rings (SSSR count). The number of amides is 1. The van der Waals surface area contributed by atoms with Crippen LogP contribution in [0.25, 0.3) is 11.8 Å². The fourth-order valence-corrected chi connectivity index (χ4v) is 5.61. The summed E-state index contributed by atoms with van der Waals surface area (Å²) in [5.41, 5.74) is 1.98. The van der Waals surface area contributed by atoms with Gasteiger partial charge in [0.25, 0.3) is 20.1 Å². The first-order chi connectivity index (χ1) is 19.4. The third-order valence-corrected chi connectivity index (χ3v) is 7.74. The maximum atomic E-state index is 14.0. The Balaban J connectivity index is 1.43. The van der Waals surface area contributed by atoms with Gasteiger partial charge in [0.05, 0.1) is 19.2 Å². The molecule has 0 spiro atoms. The molecular weight excluding hydrogens is 566 g/mol. The number of hydrogen-bond acceptors (Lipinski definition) is 6. The second-order valence-electron chi connectivity index (χ2n) is 9.92. The minimum Gasteiger partial charge on any atom is -0.756 e. The van der Waals surface area contributed by atoms with E-state index in [1.54, 1.807) is 53.2 Å². The molecule has 14 heteroatoms. The number of phosphoric ester groups is 1. The first-order valence-corrected chi connectivity index (χ1v) is 14.2. The summed E-state index contributed by atoms with van der Waals surface area (Å²) in [5.74, 6) is -4.17. The van der Waals surface area contributed by atoms with Crippen molar-refractivity contribution in [2.45, 2.75) is 51.6 Å². The van der Waals surface area contributed by atoms with E-state index in [9.17, 15) is 27.4 Å². The number of hydrogen-bond donors (Lipinski definition) is 1. The number of aryl methyl sites for hydroxylation is 1. The van der Waals surface area contributed by atoms with E-state index in [1.807, 2.05) is 6.92 Å². The smallest absolute Gasteiger partial charge is 0.289 e. The minimum atomic E-state index is -4.90. The highest BCUT2D eigenvalue weighted by molar-refractivity contribution is 7.44. The molecule has 2 saturated heterocycles. The quantitative estimate of drug-likeness (QED) is 0.193. The third-order valence-electron chi connectivity index (χ3n) is 7.30. The third kappa shape index (κ3) is 5.76. The molecule has 218 valence electrons. The Morgan fingerprint density at radius 3 is 2.59 bits per heavy atom. The van der Waals surface area contributed by atoms with Crippen molar-refractivity contribution < 1.29 is 50.9 Å². The molecular formula is C27H27F3N3O7P. The fraction of sp³-hybridized carbons (Fsp3) is 0.333. The van der Waals surface area contributed by atoms with Crippen molar-refractivity contribution in [1.82, 2.24) is 9.47 Å². The SMILES string of the molecule is COc1cc(/C=C2\O[C@@H](C)[C@H]3CC[C@@H](c4cc(F)c(F)c(F)c4)N3C2=O)ccc1-[n+]1cc(C)n(COP(=O)([O-])O)c1. The van der Waals surface area contributed by atoms with Crippen LogP contribution >= 0.6 is 7.82 Å². The Labute approximate surface area is 233 Å². The standard InChI is InChI=1S/C27H27F3N3O7P/c1-15-12-31(13-32(15)14-39-41(35,36)37)23-5-4-17(8-24(23)38-3)9-25-27(34)33-21(16(2)40-25)6-7-22(33)18-10-19(28)26(30)20(29)11-18/h4-5,8-13,16,21-22H,6-7,14H2,1-3H3,(H-,35,36,37)/b25-9-/t16-,21+,22-/m0/s1. The maximum absolute atomic E-state index is 14.0. The molecule has 10 nitrogen and oxygen atoms in total. The van der Waals surface area contributed by atoms with Crippen molar-refractivity contribution in [3.63, 3.8) is 0 Å². The van der Waals surface area contributed by atoms with E-state index in [1.165, 1.54) is 11.7 Å². The summed E-state index contributed by atoms with van der Waals surface area (Å²) in [6.07, 6.45) is 5.41. The number of morpholine rings is 1. The van der Waals surface area contributed by atoms with Gasteiger partial charge in [0.1, 0.15) is 18.0 Å². The highest BCUT2D eigenvalue weighted by Crippen LogP contribution is 2.43. The van der Waals surface area contributed by atoms with Crippen LogP contribution in [-0.4, -0.2) is 39.5 Å². The monoisotopic (exact) mass is 593 g/mol. The lowest BCUT2D eigenvalue weighted by molar-refractivity contribution is -0.596. The number of benzene rings is 2. The van der Waals surface area contributed by atoms with E-state index in [0.29, 0.717) is 35.5 Å². The van der Waals surface area contributed by atoms with E-state index in [4.69, 9.17) is 14.4 Å². The molecule has 2 fully saturated rings. The zero-order valence-corrected chi connectivity index (χ0v) is 23.2. The molecule has 3 heterocycles. The summed E-state index contributed by atoms with van der Waals surface area (Å²) in [4.78, 5) is 34.9. The minimum absolute atomic E-state index is 0.0383. The lowest BCUT2D eigenvalue weighted by Crippen LogP contribution is -2.49. The fourth-order valence-electron chi connectivity index (χ4n) is 5.34. The van der Waals surface area contributed by atoms with Crippen LogP contribution in [0, 0.1) is 24.4 Å². The number of imidazole rings is 1. The Kier molecular flexibility index (Phi) is 7.73. The van der Waals surface area contributed by atoms with Gasteiger partial charge < -0.3 is 24.2 Å². The predicted octanol–water partition coefficient (Wildman–Crippen LogP) is 3.43. The number of carbonyl (C=O) groups excluding carboxylic acids is 1. The van der Waals surface area contributed by atoms with Gasteiger partial charge in [-0.3, -0.25) is 13.9 Å². The number of halogens is 3. The van der Waals surface area contributed by atoms with Gasteiger partial charge in [0, 0.05) is 6.92 Å². The van der Waals surface area contributed by atoms with Gasteiger partial charge in [-0.15, -0.1) is 0 Å². The molecule has 0 bridgehead atoms. The molecule has 0 radical (unpaired) electrons. The molecule has 41 heavy (non-hydrogen) atoms. The largest absolute Gasteiger partial charge is 0.756 e. The van der Waals surface area contributed by atoms with Crippen molar-refractivity contribution in [3.05, 3.63) is 82.9 Å². The molecule has 2 aliphatic rings. The van der Waals surface area contributed by atoms with Crippen LogP contribution in [-0.2, 0) is 25.4 Å². The Morgan fingerprint density at radius 2 is 1.93 bits per heavy atom. The number of carbonyl (C=O) groups is 1. The zero-order chi connectivity index (χ0) is 29.6. The molecule has 1 unspecified atom stereocenters. The van der Waals surface area contributed by atoms with Gasteiger partial charge in [0.15, 0.2) is 41.4 Å². The number of nitrogens with zero attached hydrogens (tertiary/aromatic N) is 3. The average Bonchev–Trinajstić information content (AvgIpc) is 3.52. The lowest BCUT2D eigenvalue weighted by atomic mass is 10.0. The Morgan fingerprint density at radius 1 is 1.22 bits per heavy atom. The van der Waals surface area contributed by atoms with Crippen molar-refractivity contribution in [1.29, 1.82) is 0 Å². The molecule has 0 saturated carbocycles. The van der Waals surface area contributed by atoms with E-state index in [0.717, 1.165) is 12.1 Å². The van der Waals surface area contributed by atoms with Gasteiger partial charge in [0.2, 0.25) is 0 Å². The van der Waals surface area contributed by atoms with Gasteiger partial charge in [-0.2, -0.15) is 4.57 Å². The maximum Gasteiger partial charge on any atom is 0.289 e. The first-order valence-electron chi connectivity index (χ1n) is 12.7. The lowest BCUT2D eigenvalue weighted by Gasteiger charge is -2.39. The molecule has 1 amide bonds. The van der Waals surface area contributed by atoms with Gasteiger partial charge in [-0.25, -0.2) is 17.7 Å². The Bertz CT molecular complexity index is 1570. The number of aromatic nitrogens is 2. The summed E-state index contributed by atoms with van der Waals surface area (Å²) >= 11 is 0. The van der Waals surface area contributed by atoms with E-state index in [2.05, 4.69) is 4.52 Å². The molecule has 4 atom stereocenters. The summed E-state index contributed by atoms with van der Waals surface area (Å²) < 4.78 is 71.6. The number of phosphoric acid groups is 1. The van der Waals surface area contributed by atoms with Crippen molar-refractivity contribution in [3.8, 4) is 11.4 Å². The van der Waals surface area contributed by atoms with E-state index >= 15 is 0 Å². The number of methoxy groups -OCH3 is 1. The molecule has 2 aromatic carbocycles. The van der Waals surface area contributed by atoms with Crippen LogP contribution in [0.1, 0.15) is 42.6 Å². The average molecular weight is 593 g/mol. The predicted molar refractivity (Wildman–Crippen MR) is 136 cm³/mol. The van der Waals surface area contributed by atoms with E-state index < -0.39 is 50.1 Å². The zero-order valence-electron chi connectivity index (χ0n) is 22.3. The molecule has 2 aliphatic heterocycles. The summed E-state index contributed by atoms with van der Waals surface area (Å²) in [6, 6.07) is 6.02. The van der Waals surface area contributed by atoms with Crippen molar-refractivity contribution >= 4 is 19.8 Å². The highest BCUT2D eigenvalue weighted by atomic mass is 31.2. The van der Waals surface area contributed by atoms with Crippen molar-refractivity contribution in [2.24, 2.45) is 0 Å². The number of rotatable bonds is 7. The van der Waals surface area contributed by atoms with Gasteiger partial charge >= 0.3 is 0 Å². The van der Waals surface area contributed by atoms with Gasteiger partial charge in [-0.05, 0) is 61.2 Å². The second-order valence-corrected chi connectivity index (χ2v) is 11.1. The topological polar surface area (TPSA) is 117 Å². The molecule has 1 N–H and O–H groups in total. The Hall–Kier alpha value is -3.64. The van der Waals surface area contributed by atoms with Crippen LogP contribution in [0.2, 0.25) is 0 Å². The molecule has 1 aromatic heterocycles.